The van der Waals surface area contributed by atoms with E-state index >= 15 is 0 Å². The van der Waals surface area contributed by atoms with E-state index < -0.39 is 24.4 Å². The molecule has 0 unspecified atom stereocenters. The number of carbonyl (C=O) groups excluding carboxylic acids is 1. The van der Waals surface area contributed by atoms with Gasteiger partial charge in [-0.2, -0.15) is 13.2 Å². The van der Waals surface area contributed by atoms with Crippen LogP contribution in [0.1, 0.15) is 10.5 Å². The summed E-state index contributed by atoms with van der Waals surface area (Å²) in [4.78, 5) is 12.0. The fourth-order valence-electron chi connectivity index (χ4n) is 1.72. The molecule has 0 aliphatic heterocycles. The molecule has 0 bridgehead atoms. The molecule has 1 heterocycles. The maximum atomic E-state index is 13.1. The van der Waals surface area contributed by atoms with E-state index in [9.17, 15) is 22.4 Å². The number of nitrogens with zero attached hydrogens (tertiary/aromatic N) is 1. The normalized spacial score (nSPS) is 11.5. The standard InChI is InChI=1S/C13H9BrF4N2O/c14-9-6-8(3-4-10(9)15)19-12(21)11-2-1-5-20(11)7-13(16,17)18/h1-6H,7H2,(H,19,21). The summed E-state index contributed by atoms with van der Waals surface area (Å²) in [6.45, 7) is -1.25. The minimum absolute atomic E-state index is 0.132. The van der Waals surface area contributed by atoms with Crippen molar-refractivity contribution in [2.45, 2.75) is 12.7 Å². The van der Waals surface area contributed by atoms with Gasteiger partial charge in [0.2, 0.25) is 0 Å². The highest BCUT2D eigenvalue weighted by Gasteiger charge is 2.29. The number of rotatable bonds is 3. The van der Waals surface area contributed by atoms with Crippen LogP contribution >= 0.6 is 15.9 Å². The van der Waals surface area contributed by atoms with Crippen LogP contribution in [0.2, 0.25) is 0 Å². The summed E-state index contributed by atoms with van der Waals surface area (Å²) in [5.74, 6) is -1.21. The van der Waals surface area contributed by atoms with Gasteiger partial charge in [-0.25, -0.2) is 4.39 Å². The Balaban J connectivity index is 2.17. The third-order valence-electron chi connectivity index (χ3n) is 2.59. The van der Waals surface area contributed by atoms with Gasteiger partial charge in [0.05, 0.1) is 4.47 Å². The van der Waals surface area contributed by atoms with Crippen LogP contribution in [0.3, 0.4) is 0 Å². The summed E-state index contributed by atoms with van der Waals surface area (Å²) in [5.41, 5.74) is 0.140. The number of amides is 1. The van der Waals surface area contributed by atoms with Gasteiger partial charge in [-0.05, 0) is 46.3 Å². The monoisotopic (exact) mass is 364 g/mol. The van der Waals surface area contributed by atoms with E-state index in [1.54, 1.807) is 0 Å². The van der Waals surface area contributed by atoms with Crippen LogP contribution in [0.25, 0.3) is 0 Å². The lowest BCUT2D eigenvalue weighted by Gasteiger charge is -2.12. The first-order valence-electron chi connectivity index (χ1n) is 5.74. The zero-order chi connectivity index (χ0) is 15.6. The topological polar surface area (TPSA) is 34.0 Å². The lowest BCUT2D eigenvalue weighted by atomic mass is 10.3. The van der Waals surface area contributed by atoms with E-state index in [0.29, 0.717) is 0 Å². The predicted molar refractivity (Wildman–Crippen MR) is 72.5 cm³/mol. The van der Waals surface area contributed by atoms with E-state index in [-0.39, 0.29) is 15.9 Å². The third-order valence-corrected chi connectivity index (χ3v) is 3.20. The maximum Gasteiger partial charge on any atom is 0.406 e. The summed E-state index contributed by atoms with van der Waals surface area (Å²) < 4.78 is 51.2. The van der Waals surface area contributed by atoms with Gasteiger partial charge in [0.15, 0.2) is 0 Å². The fraction of sp³-hybridized carbons (Fsp3) is 0.154. The molecule has 0 radical (unpaired) electrons. The molecule has 3 nitrogen and oxygen atoms in total. The van der Waals surface area contributed by atoms with Gasteiger partial charge in [0, 0.05) is 11.9 Å². The van der Waals surface area contributed by atoms with Crippen LogP contribution in [0.15, 0.2) is 41.0 Å². The van der Waals surface area contributed by atoms with Gasteiger partial charge in [0.25, 0.3) is 5.91 Å². The Morgan fingerprint density at radius 3 is 2.62 bits per heavy atom. The summed E-state index contributed by atoms with van der Waals surface area (Å²) in [6.07, 6.45) is -3.25. The molecule has 0 aliphatic rings. The zero-order valence-electron chi connectivity index (χ0n) is 10.4. The van der Waals surface area contributed by atoms with Gasteiger partial charge >= 0.3 is 6.18 Å². The van der Waals surface area contributed by atoms with Gasteiger partial charge in [-0.3, -0.25) is 4.79 Å². The summed E-state index contributed by atoms with van der Waals surface area (Å²) in [7, 11) is 0. The Labute approximate surface area is 125 Å². The average Bonchev–Trinajstić information content (AvgIpc) is 2.79. The van der Waals surface area contributed by atoms with Gasteiger partial charge < -0.3 is 9.88 Å². The number of alkyl halides is 3. The number of carbonyl (C=O) groups is 1. The van der Waals surface area contributed by atoms with E-state index in [2.05, 4.69) is 21.2 Å². The molecule has 1 aromatic heterocycles. The van der Waals surface area contributed by atoms with Crippen LogP contribution in [0.5, 0.6) is 0 Å². The van der Waals surface area contributed by atoms with E-state index in [1.165, 1.54) is 30.5 Å². The van der Waals surface area contributed by atoms with Crippen LogP contribution < -0.4 is 5.32 Å². The van der Waals surface area contributed by atoms with Crippen molar-refractivity contribution in [3.63, 3.8) is 0 Å². The Morgan fingerprint density at radius 1 is 1.29 bits per heavy atom. The predicted octanol–water partition coefficient (Wildman–Crippen LogP) is 4.20. The molecule has 21 heavy (non-hydrogen) atoms. The molecule has 112 valence electrons. The molecule has 1 amide bonds. The summed E-state index contributed by atoms with van der Waals surface area (Å²) in [6, 6.07) is 6.40. The number of anilines is 1. The summed E-state index contributed by atoms with van der Waals surface area (Å²) >= 11 is 2.96. The SMILES string of the molecule is O=C(Nc1ccc(F)c(Br)c1)c1cccn1CC(F)(F)F. The van der Waals surface area contributed by atoms with Gasteiger partial charge in [-0.1, -0.05) is 0 Å². The highest BCUT2D eigenvalue weighted by atomic mass is 79.9. The van der Waals surface area contributed by atoms with Crippen molar-refractivity contribution in [2.24, 2.45) is 0 Å². The highest BCUT2D eigenvalue weighted by molar-refractivity contribution is 9.10. The molecular formula is C13H9BrF4N2O. The first kappa shape index (κ1) is 15.6. The van der Waals surface area contributed by atoms with E-state index in [4.69, 9.17) is 0 Å². The van der Waals surface area contributed by atoms with Crippen molar-refractivity contribution in [2.75, 3.05) is 5.32 Å². The smallest absolute Gasteiger partial charge is 0.334 e. The molecule has 0 aliphatic carbocycles. The average molecular weight is 365 g/mol. The van der Waals surface area contributed by atoms with Crippen molar-refractivity contribution < 1.29 is 22.4 Å². The largest absolute Gasteiger partial charge is 0.406 e. The molecule has 8 heteroatoms. The molecule has 0 saturated carbocycles. The van der Waals surface area contributed by atoms with Gasteiger partial charge in [0.1, 0.15) is 18.1 Å². The van der Waals surface area contributed by atoms with Crippen molar-refractivity contribution in [3.05, 3.63) is 52.5 Å². The number of hydrogen-bond donors (Lipinski definition) is 1. The Morgan fingerprint density at radius 2 is 2.00 bits per heavy atom. The minimum atomic E-state index is -4.42. The highest BCUT2D eigenvalue weighted by Crippen LogP contribution is 2.22. The van der Waals surface area contributed by atoms with Crippen molar-refractivity contribution in [1.82, 2.24) is 4.57 Å². The fourth-order valence-corrected chi connectivity index (χ4v) is 2.10. The van der Waals surface area contributed by atoms with E-state index in [0.717, 1.165) is 10.6 Å². The summed E-state index contributed by atoms with van der Waals surface area (Å²) in [5, 5.41) is 2.41. The molecule has 0 spiro atoms. The number of benzene rings is 1. The number of hydrogen-bond acceptors (Lipinski definition) is 1. The first-order valence-corrected chi connectivity index (χ1v) is 6.54. The molecular weight excluding hydrogens is 356 g/mol. The second-order valence-electron chi connectivity index (χ2n) is 4.22. The number of aromatic nitrogens is 1. The molecule has 0 atom stereocenters. The third kappa shape index (κ3) is 4.07. The molecule has 2 rings (SSSR count). The maximum absolute atomic E-state index is 13.1. The lowest BCUT2D eigenvalue weighted by Crippen LogP contribution is -2.23. The Hall–Kier alpha value is -1.83. The number of nitrogens with one attached hydrogen (secondary N) is 1. The molecule has 1 N–H and O–H groups in total. The van der Waals surface area contributed by atoms with Crippen molar-refractivity contribution in [1.29, 1.82) is 0 Å². The minimum Gasteiger partial charge on any atom is -0.334 e. The first-order chi connectivity index (χ1) is 9.76. The van der Waals surface area contributed by atoms with Crippen molar-refractivity contribution >= 4 is 27.5 Å². The van der Waals surface area contributed by atoms with Crippen molar-refractivity contribution in [3.8, 4) is 0 Å². The molecule has 2 aromatic rings. The van der Waals surface area contributed by atoms with Crippen LogP contribution in [0.4, 0.5) is 23.2 Å². The Kier molecular flexibility index (Phi) is 4.36. The lowest BCUT2D eigenvalue weighted by molar-refractivity contribution is -0.140. The van der Waals surface area contributed by atoms with E-state index in [1.807, 2.05) is 0 Å². The molecule has 0 fully saturated rings. The zero-order valence-corrected chi connectivity index (χ0v) is 12.0. The quantitative estimate of drug-likeness (QED) is 0.813. The second kappa shape index (κ2) is 5.88. The van der Waals surface area contributed by atoms with Gasteiger partial charge in [-0.15, -0.1) is 0 Å². The molecule has 0 saturated heterocycles. The Bertz CT molecular complexity index is 666. The molecule has 1 aromatic carbocycles. The van der Waals surface area contributed by atoms with Crippen LogP contribution in [-0.2, 0) is 6.54 Å². The van der Waals surface area contributed by atoms with Crippen LogP contribution in [-0.4, -0.2) is 16.7 Å². The second-order valence-corrected chi connectivity index (χ2v) is 5.07. The van der Waals surface area contributed by atoms with Crippen LogP contribution in [0, 0.1) is 5.82 Å². The number of halogens is 5.